The third kappa shape index (κ3) is 2.48. The van der Waals surface area contributed by atoms with Crippen LogP contribution in [0.25, 0.3) is 50.5 Å². The molecule has 1 aliphatic carbocycles. The van der Waals surface area contributed by atoms with E-state index < -0.39 is 5.66 Å². The summed E-state index contributed by atoms with van der Waals surface area (Å²) < 4.78 is 11.9. The molecular formula is C37H30N2O+2. The highest BCUT2D eigenvalue weighted by atomic mass is 16.3. The maximum atomic E-state index is 6.96. The van der Waals surface area contributed by atoms with Crippen LogP contribution in [-0.2, 0) is 17.5 Å². The number of fused-ring (bicyclic) bond motifs is 16. The van der Waals surface area contributed by atoms with Gasteiger partial charge >= 0.3 is 5.66 Å². The van der Waals surface area contributed by atoms with Gasteiger partial charge in [0.25, 0.3) is 0 Å². The van der Waals surface area contributed by atoms with Crippen LogP contribution >= 0.6 is 0 Å². The first-order chi connectivity index (χ1) is 19.4. The van der Waals surface area contributed by atoms with Gasteiger partial charge in [-0.15, -0.1) is 9.13 Å². The number of benzene rings is 3. The first kappa shape index (κ1) is 22.3. The Morgan fingerprint density at radius 3 is 2.48 bits per heavy atom. The third-order valence-electron chi connectivity index (χ3n) is 9.42. The van der Waals surface area contributed by atoms with Crippen LogP contribution in [0, 0.1) is 6.92 Å². The zero-order valence-corrected chi connectivity index (χ0v) is 23.2. The summed E-state index contributed by atoms with van der Waals surface area (Å²) in [5, 5.41) is 2.38. The number of nitrogens with zero attached hydrogens (tertiary/aromatic N) is 2. The number of aromatic nitrogens is 2. The van der Waals surface area contributed by atoms with Crippen LogP contribution in [-0.4, -0.2) is 0 Å². The number of furan rings is 1. The van der Waals surface area contributed by atoms with Gasteiger partial charge in [-0.2, -0.15) is 0 Å². The molecule has 6 aromatic rings. The topological polar surface area (TPSA) is 20.9 Å². The number of hydrogen-bond acceptors (Lipinski definition) is 1. The van der Waals surface area contributed by atoms with Crippen molar-refractivity contribution in [2.45, 2.75) is 45.2 Å². The molecule has 0 saturated heterocycles. The molecule has 9 rings (SSSR count). The minimum absolute atomic E-state index is 0.0155. The Hall–Kier alpha value is -4.50. The average molecular weight is 519 g/mol. The second-order valence-corrected chi connectivity index (χ2v) is 12.6. The van der Waals surface area contributed by atoms with Gasteiger partial charge in [-0.3, -0.25) is 0 Å². The highest BCUT2D eigenvalue weighted by Crippen LogP contribution is 2.51. The number of allylic oxidation sites excluding steroid dienone is 1. The second-order valence-electron chi connectivity index (χ2n) is 12.6. The molecule has 40 heavy (non-hydrogen) atoms. The number of pyridine rings is 2. The van der Waals surface area contributed by atoms with Crippen LogP contribution in [0.3, 0.4) is 0 Å². The van der Waals surface area contributed by atoms with E-state index in [1.807, 2.05) is 0 Å². The summed E-state index contributed by atoms with van der Waals surface area (Å²) in [7, 11) is 0. The van der Waals surface area contributed by atoms with E-state index in [0.29, 0.717) is 0 Å². The number of hydrogen-bond donors (Lipinski definition) is 0. The van der Waals surface area contributed by atoms with Crippen LogP contribution in [0.15, 0.2) is 95.7 Å². The van der Waals surface area contributed by atoms with Crippen molar-refractivity contribution < 1.29 is 13.6 Å². The molecule has 1 unspecified atom stereocenters. The van der Waals surface area contributed by atoms with Crippen molar-refractivity contribution in [2.24, 2.45) is 0 Å². The summed E-state index contributed by atoms with van der Waals surface area (Å²) in [5.41, 5.74) is 14.2. The van der Waals surface area contributed by atoms with E-state index in [2.05, 4.69) is 134 Å². The van der Waals surface area contributed by atoms with Crippen LogP contribution in [0.2, 0.25) is 0 Å². The quantitative estimate of drug-likeness (QED) is 0.189. The van der Waals surface area contributed by atoms with Crippen molar-refractivity contribution in [2.75, 3.05) is 0 Å². The average Bonchev–Trinajstić information content (AvgIpc) is 3.69. The third-order valence-corrected chi connectivity index (χ3v) is 9.42. The van der Waals surface area contributed by atoms with E-state index >= 15 is 0 Å². The number of aryl methyl sites for hydroxylation is 1. The lowest BCUT2D eigenvalue weighted by molar-refractivity contribution is -0.955. The molecule has 3 aliphatic rings. The fourth-order valence-electron chi connectivity index (χ4n) is 7.83. The fourth-order valence-corrected chi connectivity index (χ4v) is 7.83. The Labute approximate surface area is 233 Å². The summed E-state index contributed by atoms with van der Waals surface area (Å²) in [4.78, 5) is 0. The van der Waals surface area contributed by atoms with E-state index in [-0.39, 0.29) is 5.41 Å². The van der Waals surface area contributed by atoms with Crippen LogP contribution < -0.4 is 9.13 Å². The van der Waals surface area contributed by atoms with Gasteiger partial charge in [-0.05, 0) is 60.2 Å². The van der Waals surface area contributed by atoms with Crippen molar-refractivity contribution in [3.63, 3.8) is 0 Å². The molecule has 3 heteroatoms. The van der Waals surface area contributed by atoms with Crippen molar-refractivity contribution in [3.05, 3.63) is 125 Å². The molecule has 2 aliphatic heterocycles. The minimum atomic E-state index is -0.534. The SMILES string of the molecule is Cc1c[n+]2c(cc1C(C)(C)C)-c1c(ccc3c1oc1c4c(ccc13)CC=C4)C21c2ccccc2-c2cccc[n+]21. The molecule has 3 aromatic heterocycles. The zero-order chi connectivity index (χ0) is 27.0. The molecule has 0 fully saturated rings. The van der Waals surface area contributed by atoms with Gasteiger partial charge in [0.05, 0.1) is 5.56 Å². The minimum Gasteiger partial charge on any atom is -0.454 e. The molecule has 5 heterocycles. The summed E-state index contributed by atoms with van der Waals surface area (Å²) in [6.45, 7) is 9.19. The Balaban J connectivity index is 1.50. The molecule has 1 spiro atoms. The maximum absolute atomic E-state index is 6.96. The first-order valence-corrected chi connectivity index (χ1v) is 14.3. The van der Waals surface area contributed by atoms with Gasteiger partial charge in [0.2, 0.25) is 11.4 Å². The van der Waals surface area contributed by atoms with Crippen LogP contribution in [0.4, 0.5) is 0 Å². The smallest absolute Gasteiger partial charge is 0.417 e. The largest absolute Gasteiger partial charge is 0.454 e. The van der Waals surface area contributed by atoms with Crippen LogP contribution in [0.1, 0.15) is 54.2 Å². The monoisotopic (exact) mass is 518 g/mol. The standard InChI is InChI=1S/C37H30N2O/c1-22-21-39-32(20-30(22)36(2,3)4)33-29(37(39)28-13-6-5-11-27(28)31-14-7-8-19-38(31)37)18-17-26-25-16-15-23-10-9-12-24(23)34(25)40-35(26)33/h5-9,11-21H,10H2,1-4H3/q+2. The molecule has 192 valence electrons. The normalized spacial score (nSPS) is 17.9. The Kier molecular flexibility index (Phi) is 4.00. The molecule has 0 amide bonds. The predicted molar refractivity (Wildman–Crippen MR) is 159 cm³/mol. The van der Waals surface area contributed by atoms with Gasteiger partial charge in [-0.25, -0.2) is 0 Å². The van der Waals surface area contributed by atoms with Crippen molar-refractivity contribution in [3.8, 4) is 22.5 Å². The molecule has 3 nitrogen and oxygen atoms in total. The van der Waals surface area contributed by atoms with Crippen molar-refractivity contribution in [1.82, 2.24) is 0 Å². The Bertz CT molecular complexity index is 2090. The molecule has 3 aromatic carbocycles. The number of rotatable bonds is 0. The van der Waals surface area contributed by atoms with Crippen molar-refractivity contribution >= 4 is 28.0 Å². The Morgan fingerprint density at radius 1 is 0.800 bits per heavy atom. The van der Waals surface area contributed by atoms with E-state index in [1.54, 1.807) is 0 Å². The molecule has 0 bridgehead atoms. The Morgan fingerprint density at radius 2 is 1.60 bits per heavy atom. The lowest BCUT2D eigenvalue weighted by atomic mass is 9.84. The molecule has 0 N–H and O–H groups in total. The summed E-state index contributed by atoms with van der Waals surface area (Å²) in [5.74, 6) is 0. The first-order valence-electron chi connectivity index (χ1n) is 14.3. The van der Waals surface area contributed by atoms with E-state index in [4.69, 9.17) is 4.42 Å². The van der Waals surface area contributed by atoms with Gasteiger partial charge in [-0.1, -0.05) is 57.2 Å². The van der Waals surface area contributed by atoms with Gasteiger partial charge in [0.1, 0.15) is 27.9 Å². The molecule has 0 saturated carbocycles. The van der Waals surface area contributed by atoms with Crippen molar-refractivity contribution in [1.29, 1.82) is 0 Å². The second kappa shape index (κ2) is 7.17. The van der Waals surface area contributed by atoms with Gasteiger partial charge in [0.15, 0.2) is 12.4 Å². The fraction of sp³-hybridized carbons (Fsp3) is 0.189. The summed E-state index contributed by atoms with van der Waals surface area (Å²) >= 11 is 0. The predicted octanol–water partition coefficient (Wildman–Crippen LogP) is 7.59. The van der Waals surface area contributed by atoms with E-state index in [0.717, 1.165) is 17.6 Å². The highest BCUT2D eigenvalue weighted by molar-refractivity contribution is 6.12. The van der Waals surface area contributed by atoms with Gasteiger partial charge < -0.3 is 4.42 Å². The zero-order valence-electron chi connectivity index (χ0n) is 23.2. The lowest BCUT2D eigenvalue weighted by Gasteiger charge is -2.22. The van der Waals surface area contributed by atoms with Crippen LogP contribution in [0.5, 0.6) is 0 Å². The maximum Gasteiger partial charge on any atom is 0.417 e. The van der Waals surface area contributed by atoms with E-state index in [9.17, 15) is 0 Å². The lowest BCUT2D eigenvalue weighted by Crippen LogP contribution is -2.71. The molecular weight excluding hydrogens is 488 g/mol. The summed E-state index contributed by atoms with van der Waals surface area (Å²) in [6, 6.07) is 27.1. The van der Waals surface area contributed by atoms with E-state index in [1.165, 1.54) is 66.7 Å². The highest BCUT2D eigenvalue weighted by Gasteiger charge is 2.67. The van der Waals surface area contributed by atoms with Gasteiger partial charge in [0, 0.05) is 40.1 Å². The molecule has 0 radical (unpaired) electrons. The summed E-state index contributed by atoms with van der Waals surface area (Å²) in [6.07, 6.45) is 10.1. The molecule has 1 atom stereocenters.